The zero-order valence-corrected chi connectivity index (χ0v) is 12.0. The molecule has 0 spiro atoms. The van der Waals surface area contributed by atoms with E-state index in [1.54, 1.807) is 6.07 Å². The highest BCUT2D eigenvalue weighted by Crippen LogP contribution is 2.32. The molecule has 0 aliphatic carbocycles. The number of nitrogens with one attached hydrogen (secondary N) is 1. The lowest BCUT2D eigenvalue weighted by Gasteiger charge is -2.38. The summed E-state index contributed by atoms with van der Waals surface area (Å²) in [5.41, 5.74) is 9.34. The van der Waals surface area contributed by atoms with Crippen molar-refractivity contribution >= 4 is 17.3 Å². The topological polar surface area (TPSA) is 58.4 Å². The van der Waals surface area contributed by atoms with Gasteiger partial charge in [-0.3, -0.25) is 4.79 Å². The van der Waals surface area contributed by atoms with Gasteiger partial charge in [0.2, 0.25) is 5.91 Å². The van der Waals surface area contributed by atoms with Crippen LogP contribution in [0, 0.1) is 0 Å². The lowest BCUT2D eigenvalue weighted by atomic mass is 10.0. The van der Waals surface area contributed by atoms with Gasteiger partial charge in [0.1, 0.15) is 0 Å². The molecule has 1 aliphatic rings. The third-order valence-corrected chi connectivity index (χ3v) is 3.96. The van der Waals surface area contributed by atoms with Crippen molar-refractivity contribution in [3.05, 3.63) is 59.7 Å². The molecule has 3 N–H and O–H groups in total. The van der Waals surface area contributed by atoms with Crippen molar-refractivity contribution < 1.29 is 4.79 Å². The average Bonchev–Trinajstić information content (AvgIpc) is 2.50. The van der Waals surface area contributed by atoms with E-state index in [0.717, 1.165) is 23.5 Å². The Bertz CT molecular complexity index is 669. The van der Waals surface area contributed by atoms with Crippen molar-refractivity contribution in [1.29, 1.82) is 0 Å². The summed E-state index contributed by atoms with van der Waals surface area (Å²) in [6.45, 7) is 3.74. The number of primary amides is 1. The number of carbonyl (C=O) groups excluding carboxylic acids is 1. The molecule has 2 aromatic rings. The second-order valence-corrected chi connectivity index (χ2v) is 5.40. The number of hydrogen-bond acceptors (Lipinski definition) is 3. The molecule has 0 radical (unpaired) electrons. The summed E-state index contributed by atoms with van der Waals surface area (Å²) in [4.78, 5) is 13.9. The summed E-state index contributed by atoms with van der Waals surface area (Å²) in [6.07, 6.45) is 0. The molecule has 4 nitrogen and oxygen atoms in total. The Balaban J connectivity index is 1.97. The second-order valence-electron chi connectivity index (χ2n) is 5.40. The third-order valence-electron chi connectivity index (χ3n) is 3.96. The Kier molecular flexibility index (Phi) is 3.52. The van der Waals surface area contributed by atoms with Gasteiger partial charge < -0.3 is 16.0 Å². The molecule has 0 saturated heterocycles. The molecular formula is C17H19N3O. The van der Waals surface area contributed by atoms with Crippen molar-refractivity contribution in [3.8, 4) is 0 Å². The van der Waals surface area contributed by atoms with E-state index in [4.69, 9.17) is 5.73 Å². The molecule has 2 aromatic carbocycles. The van der Waals surface area contributed by atoms with E-state index in [0.29, 0.717) is 18.2 Å². The summed E-state index contributed by atoms with van der Waals surface area (Å²) >= 11 is 0. The van der Waals surface area contributed by atoms with Crippen molar-refractivity contribution in [3.63, 3.8) is 0 Å². The molecule has 3 rings (SSSR count). The monoisotopic (exact) mass is 281 g/mol. The maximum Gasteiger partial charge on any atom is 0.249 e. The molecule has 1 amide bonds. The molecule has 108 valence electrons. The quantitative estimate of drug-likeness (QED) is 0.909. The van der Waals surface area contributed by atoms with Crippen LogP contribution in [0.3, 0.4) is 0 Å². The Labute approximate surface area is 124 Å². The minimum absolute atomic E-state index is 0.348. The highest BCUT2D eigenvalue weighted by molar-refractivity contribution is 5.94. The van der Waals surface area contributed by atoms with Crippen LogP contribution in [-0.2, 0) is 6.54 Å². The number of rotatable bonds is 3. The van der Waals surface area contributed by atoms with Crippen LogP contribution in [0.1, 0.15) is 22.8 Å². The molecular weight excluding hydrogens is 262 g/mol. The predicted molar refractivity (Wildman–Crippen MR) is 85.5 cm³/mol. The van der Waals surface area contributed by atoms with E-state index in [2.05, 4.69) is 29.3 Å². The molecule has 0 bridgehead atoms. The van der Waals surface area contributed by atoms with Gasteiger partial charge in [0.25, 0.3) is 0 Å². The fraction of sp³-hybridized carbons (Fsp3) is 0.235. The van der Waals surface area contributed by atoms with Gasteiger partial charge in [-0.2, -0.15) is 0 Å². The number of amides is 1. The Morgan fingerprint density at radius 3 is 2.76 bits per heavy atom. The molecule has 21 heavy (non-hydrogen) atoms. The Morgan fingerprint density at radius 1 is 1.24 bits per heavy atom. The van der Waals surface area contributed by atoms with Gasteiger partial charge in [-0.1, -0.05) is 30.3 Å². The van der Waals surface area contributed by atoms with Crippen LogP contribution in [0.5, 0.6) is 0 Å². The number of nitrogens with two attached hydrogens (primary N) is 1. The lowest BCUT2D eigenvalue weighted by molar-refractivity contribution is 0.0999. The number of carbonyl (C=O) groups is 1. The van der Waals surface area contributed by atoms with Gasteiger partial charge in [0.15, 0.2) is 0 Å². The standard InChI is InChI=1S/C17H19N3O/c1-12-10-19-15-8-4-5-9-16(15)20(12)11-13-6-2-3-7-14(13)17(18)21/h2-9,12,19H,10-11H2,1H3,(H2,18,21). The van der Waals surface area contributed by atoms with E-state index in [1.807, 2.05) is 30.3 Å². The van der Waals surface area contributed by atoms with E-state index in [-0.39, 0.29) is 5.91 Å². The van der Waals surface area contributed by atoms with Crippen LogP contribution in [-0.4, -0.2) is 18.5 Å². The Morgan fingerprint density at radius 2 is 1.95 bits per heavy atom. The lowest BCUT2D eigenvalue weighted by Crippen LogP contribution is -2.41. The normalized spacial score (nSPS) is 17.0. The van der Waals surface area contributed by atoms with Crippen LogP contribution in [0.2, 0.25) is 0 Å². The van der Waals surface area contributed by atoms with E-state index in [9.17, 15) is 4.79 Å². The first-order valence-electron chi connectivity index (χ1n) is 7.14. The van der Waals surface area contributed by atoms with Gasteiger partial charge in [0, 0.05) is 24.7 Å². The number of fused-ring (bicyclic) bond motifs is 1. The maximum atomic E-state index is 11.6. The molecule has 1 atom stereocenters. The average molecular weight is 281 g/mol. The number of anilines is 2. The minimum atomic E-state index is -0.373. The molecule has 4 heteroatoms. The van der Waals surface area contributed by atoms with Crippen molar-refractivity contribution in [2.24, 2.45) is 5.73 Å². The predicted octanol–water partition coefficient (Wildman–Crippen LogP) is 2.61. The molecule has 0 saturated carbocycles. The SMILES string of the molecule is CC1CNc2ccccc2N1Cc1ccccc1C(N)=O. The highest BCUT2D eigenvalue weighted by atomic mass is 16.1. The third kappa shape index (κ3) is 2.57. The summed E-state index contributed by atoms with van der Waals surface area (Å²) < 4.78 is 0. The van der Waals surface area contributed by atoms with Crippen LogP contribution >= 0.6 is 0 Å². The first-order chi connectivity index (χ1) is 10.2. The van der Waals surface area contributed by atoms with Crippen LogP contribution in [0.15, 0.2) is 48.5 Å². The van der Waals surface area contributed by atoms with Gasteiger partial charge in [-0.15, -0.1) is 0 Å². The van der Waals surface area contributed by atoms with Crippen LogP contribution in [0.4, 0.5) is 11.4 Å². The van der Waals surface area contributed by atoms with E-state index in [1.165, 1.54) is 0 Å². The maximum absolute atomic E-state index is 11.6. The van der Waals surface area contributed by atoms with Crippen LogP contribution < -0.4 is 16.0 Å². The van der Waals surface area contributed by atoms with E-state index >= 15 is 0 Å². The second kappa shape index (κ2) is 5.48. The first kappa shape index (κ1) is 13.5. The zero-order chi connectivity index (χ0) is 14.8. The van der Waals surface area contributed by atoms with Gasteiger partial charge >= 0.3 is 0 Å². The highest BCUT2D eigenvalue weighted by Gasteiger charge is 2.23. The number of benzene rings is 2. The van der Waals surface area contributed by atoms with Crippen molar-refractivity contribution in [2.45, 2.75) is 19.5 Å². The molecule has 1 heterocycles. The van der Waals surface area contributed by atoms with Gasteiger partial charge in [-0.25, -0.2) is 0 Å². The van der Waals surface area contributed by atoms with E-state index < -0.39 is 0 Å². The van der Waals surface area contributed by atoms with Gasteiger partial charge in [-0.05, 0) is 30.7 Å². The smallest absolute Gasteiger partial charge is 0.249 e. The molecule has 0 fully saturated rings. The zero-order valence-electron chi connectivity index (χ0n) is 12.0. The fourth-order valence-corrected chi connectivity index (χ4v) is 2.80. The summed E-state index contributed by atoms with van der Waals surface area (Å²) in [6, 6.07) is 16.1. The molecule has 1 aliphatic heterocycles. The van der Waals surface area contributed by atoms with Crippen molar-refractivity contribution in [2.75, 3.05) is 16.8 Å². The number of hydrogen-bond donors (Lipinski definition) is 2. The van der Waals surface area contributed by atoms with Gasteiger partial charge in [0.05, 0.1) is 11.4 Å². The van der Waals surface area contributed by atoms with Crippen LogP contribution in [0.25, 0.3) is 0 Å². The summed E-state index contributed by atoms with van der Waals surface area (Å²) in [7, 11) is 0. The fourth-order valence-electron chi connectivity index (χ4n) is 2.80. The number of para-hydroxylation sites is 2. The summed E-state index contributed by atoms with van der Waals surface area (Å²) in [5, 5.41) is 3.43. The molecule has 1 unspecified atom stereocenters. The number of nitrogens with zero attached hydrogens (tertiary/aromatic N) is 1. The summed E-state index contributed by atoms with van der Waals surface area (Å²) in [5.74, 6) is -0.373. The first-order valence-corrected chi connectivity index (χ1v) is 7.14. The molecule has 0 aromatic heterocycles. The van der Waals surface area contributed by atoms with Crippen molar-refractivity contribution in [1.82, 2.24) is 0 Å². The minimum Gasteiger partial charge on any atom is -0.381 e. The largest absolute Gasteiger partial charge is 0.381 e. The Hall–Kier alpha value is -2.49.